The summed E-state index contributed by atoms with van der Waals surface area (Å²) in [6.45, 7) is 2.56. The predicted molar refractivity (Wildman–Crippen MR) is 64.3 cm³/mol. The number of esters is 1. The standard InChI is InChI=1S/C13H13NO3/c1-3-14-10-7-5-4-6-9(10)12(11(14)8-15)13(16)17-2/h4-8H,3H2,1-2H3. The number of carbonyl (C=O) groups is 2. The van der Waals surface area contributed by atoms with Gasteiger partial charge in [-0.2, -0.15) is 0 Å². The van der Waals surface area contributed by atoms with Crippen molar-refractivity contribution in [3.05, 3.63) is 35.5 Å². The first-order valence-electron chi connectivity index (χ1n) is 5.39. The Balaban J connectivity index is 2.88. The van der Waals surface area contributed by atoms with E-state index in [0.717, 1.165) is 10.9 Å². The molecule has 2 aromatic rings. The number of para-hydroxylation sites is 1. The molecule has 4 heteroatoms. The van der Waals surface area contributed by atoms with E-state index in [9.17, 15) is 9.59 Å². The molecule has 88 valence electrons. The van der Waals surface area contributed by atoms with Crippen LogP contribution < -0.4 is 0 Å². The van der Waals surface area contributed by atoms with Gasteiger partial charge >= 0.3 is 5.97 Å². The molecule has 0 aliphatic heterocycles. The zero-order valence-corrected chi connectivity index (χ0v) is 9.77. The fraction of sp³-hybridized carbons (Fsp3) is 0.231. The highest BCUT2D eigenvalue weighted by molar-refractivity contribution is 6.10. The predicted octanol–water partition coefficient (Wildman–Crippen LogP) is 2.26. The van der Waals surface area contributed by atoms with Crippen LogP contribution in [0.2, 0.25) is 0 Å². The molecule has 0 atom stereocenters. The lowest BCUT2D eigenvalue weighted by Crippen LogP contribution is -2.07. The van der Waals surface area contributed by atoms with Gasteiger partial charge in [0.2, 0.25) is 0 Å². The Morgan fingerprint density at radius 3 is 2.71 bits per heavy atom. The third-order valence-corrected chi connectivity index (χ3v) is 2.83. The molecule has 2 rings (SSSR count). The maximum absolute atomic E-state index is 11.7. The molecular formula is C13H13NO3. The van der Waals surface area contributed by atoms with Crippen LogP contribution in [0.3, 0.4) is 0 Å². The average Bonchev–Trinajstić information content (AvgIpc) is 2.71. The van der Waals surface area contributed by atoms with Crippen LogP contribution in [-0.4, -0.2) is 23.9 Å². The van der Waals surface area contributed by atoms with Crippen molar-refractivity contribution >= 4 is 23.2 Å². The minimum absolute atomic E-state index is 0.347. The van der Waals surface area contributed by atoms with Gasteiger partial charge in [-0.25, -0.2) is 4.79 Å². The summed E-state index contributed by atoms with van der Waals surface area (Å²) in [4.78, 5) is 22.9. The van der Waals surface area contributed by atoms with Gasteiger partial charge in [0.15, 0.2) is 6.29 Å². The summed E-state index contributed by atoms with van der Waals surface area (Å²) in [7, 11) is 1.31. The van der Waals surface area contributed by atoms with Gasteiger partial charge in [-0.15, -0.1) is 0 Å². The van der Waals surface area contributed by atoms with Crippen LogP contribution in [-0.2, 0) is 11.3 Å². The maximum atomic E-state index is 11.7. The number of hydrogen-bond acceptors (Lipinski definition) is 3. The second-order valence-electron chi connectivity index (χ2n) is 3.63. The summed E-state index contributed by atoms with van der Waals surface area (Å²) < 4.78 is 6.55. The number of aldehydes is 1. The van der Waals surface area contributed by atoms with Gasteiger partial charge in [0, 0.05) is 17.4 Å². The highest BCUT2D eigenvalue weighted by Crippen LogP contribution is 2.25. The molecule has 0 amide bonds. The van der Waals surface area contributed by atoms with E-state index in [4.69, 9.17) is 4.74 Å². The Bertz CT molecular complexity index is 584. The highest BCUT2D eigenvalue weighted by Gasteiger charge is 2.21. The van der Waals surface area contributed by atoms with Crippen molar-refractivity contribution in [3.8, 4) is 0 Å². The SMILES string of the molecule is CCn1c(C=O)c(C(=O)OC)c2ccccc21. The van der Waals surface area contributed by atoms with Crippen molar-refractivity contribution in [2.45, 2.75) is 13.5 Å². The second kappa shape index (κ2) is 4.41. The molecule has 1 aromatic heterocycles. The van der Waals surface area contributed by atoms with E-state index in [-0.39, 0.29) is 0 Å². The molecule has 0 fully saturated rings. The fourth-order valence-corrected chi connectivity index (χ4v) is 2.10. The van der Waals surface area contributed by atoms with E-state index in [1.807, 2.05) is 35.8 Å². The number of fused-ring (bicyclic) bond motifs is 1. The monoisotopic (exact) mass is 231 g/mol. The van der Waals surface area contributed by atoms with E-state index < -0.39 is 5.97 Å². The van der Waals surface area contributed by atoms with E-state index in [2.05, 4.69) is 0 Å². The largest absolute Gasteiger partial charge is 0.465 e. The molecule has 0 aliphatic carbocycles. The Morgan fingerprint density at radius 2 is 2.12 bits per heavy atom. The van der Waals surface area contributed by atoms with E-state index in [1.165, 1.54) is 7.11 Å². The van der Waals surface area contributed by atoms with E-state index in [0.29, 0.717) is 24.1 Å². The van der Waals surface area contributed by atoms with E-state index in [1.54, 1.807) is 0 Å². The molecule has 0 unspecified atom stereocenters. The van der Waals surface area contributed by atoms with Crippen LogP contribution in [0.1, 0.15) is 27.8 Å². The molecule has 0 saturated heterocycles. The lowest BCUT2D eigenvalue weighted by Gasteiger charge is -2.02. The van der Waals surface area contributed by atoms with Crippen molar-refractivity contribution in [2.75, 3.05) is 7.11 Å². The fourth-order valence-electron chi connectivity index (χ4n) is 2.10. The molecule has 1 aromatic carbocycles. The number of hydrogen-bond donors (Lipinski definition) is 0. The Labute approximate surface area is 98.8 Å². The number of benzene rings is 1. The topological polar surface area (TPSA) is 48.3 Å². The summed E-state index contributed by atoms with van der Waals surface area (Å²) >= 11 is 0. The lowest BCUT2D eigenvalue weighted by atomic mass is 10.1. The van der Waals surface area contributed by atoms with Gasteiger partial charge in [-0.05, 0) is 13.0 Å². The van der Waals surface area contributed by atoms with Crippen LogP contribution in [0.25, 0.3) is 10.9 Å². The number of ether oxygens (including phenoxy) is 1. The Kier molecular flexibility index (Phi) is 2.95. The third-order valence-electron chi connectivity index (χ3n) is 2.83. The number of rotatable bonds is 3. The quantitative estimate of drug-likeness (QED) is 0.601. The molecule has 4 nitrogen and oxygen atoms in total. The number of aromatic nitrogens is 1. The smallest absolute Gasteiger partial charge is 0.340 e. The summed E-state index contributed by atoms with van der Waals surface area (Å²) in [5.74, 6) is -0.476. The number of methoxy groups -OCH3 is 1. The molecule has 0 saturated carbocycles. The van der Waals surface area contributed by atoms with Gasteiger partial charge in [0.1, 0.15) is 0 Å². The first-order chi connectivity index (χ1) is 8.24. The molecule has 0 radical (unpaired) electrons. The number of carbonyl (C=O) groups excluding carboxylic acids is 2. The Morgan fingerprint density at radius 1 is 1.41 bits per heavy atom. The zero-order valence-electron chi connectivity index (χ0n) is 9.77. The van der Waals surface area contributed by atoms with Crippen molar-refractivity contribution in [1.29, 1.82) is 0 Å². The van der Waals surface area contributed by atoms with Gasteiger partial charge in [0.05, 0.1) is 18.4 Å². The van der Waals surface area contributed by atoms with Gasteiger partial charge in [-0.1, -0.05) is 18.2 Å². The van der Waals surface area contributed by atoms with Crippen LogP contribution in [0.5, 0.6) is 0 Å². The summed E-state index contributed by atoms with van der Waals surface area (Å²) in [6.07, 6.45) is 0.704. The summed E-state index contributed by atoms with van der Waals surface area (Å²) in [5.41, 5.74) is 1.60. The normalized spacial score (nSPS) is 10.5. The third kappa shape index (κ3) is 1.62. The molecule has 0 spiro atoms. The summed E-state index contributed by atoms with van der Waals surface area (Å²) in [5, 5.41) is 0.753. The van der Waals surface area contributed by atoms with Gasteiger partial charge < -0.3 is 9.30 Å². The van der Waals surface area contributed by atoms with Crippen LogP contribution in [0, 0.1) is 0 Å². The van der Waals surface area contributed by atoms with Gasteiger partial charge in [0.25, 0.3) is 0 Å². The molecule has 1 heterocycles. The maximum Gasteiger partial charge on any atom is 0.340 e. The van der Waals surface area contributed by atoms with Crippen LogP contribution >= 0.6 is 0 Å². The Hall–Kier alpha value is -2.10. The average molecular weight is 231 g/mol. The van der Waals surface area contributed by atoms with Crippen molar-refractivity contribution < 1.29 is 14.3 Å². The summed E-state index contributed by atoms with van der Waals surface area (Å²) in [6, 6.07) is 7.42. The van der Waals surface area contributed by atoms with Crippen molar-refractivity contribution in [3.63, 3.8) is 0 Å². The first-order valence-corrected chi connectivity index (χ1v) is 5.39. The highest BCUT2D eigenvalue weighted by atomic mass is 16.5. The number of aryl methyl sites for hydroxylation is 1. The zero-order chi connectivity index (χ0) is 12.4. The van der Waals surface area contributed by atoms with E-state index >= 15 is 0 Å². The first kappa shape index (κ1) is 11.4. The lowest BCUT2D eigenvalue weighted by molar-refractivity contribution is 0.0600. The second-order valence-corrected chi connectivity index (χ2v) is 3.63. The van der Waals surface area contributed by atoms with Crippen LogP contribution in [0.15, 0.2) is 24.3 Å². The molecular weight excluding hydrogens is 218 g/mol. The van der Waals surface area contributed by atoms with Crippen molar-refractivity contribution in [2.24, 2.45) is 0 Å². The molecule has 0 N–H and O–H groups in total. The molecule has 0 aliphatic rings. The van der Waals surface area contributed by atoms with Gasteiger partial charge in [-0.3, -0.25) is 4.79 Å². The van der Waals surface area contributed by atoms with Crippen molar-refractivity contribution in [1.82, 2.24) is 4.57 Å². The minimum atomic E-state index is -0.476. The molecule has 17 heavy (non-hydrogen) atoms. The molecule has 0 bridgehead atoms. The minimum Gasteiger partial charge on any atom is -0.465 e. The number of nitrogens with zero attached hydrogens (tertiary/aromatic N) is 1. The van der Waals surface area contributed by atoms with Crippen LogP contribution in [0.4, 0.5) is 0 Å².